The summed E-state index contributed by atoms with van der Waals surface area (Å²) in [6.45, 7) is 5.61. The fourth-order valence-electron chi connectivity index (χ4n) is 2.04. The number of hydrogen-bond donors (Lipinski definition) is 0. The van der Waals surface area contributed by atoms with Crippen LogP contribution in [0.2, 0.25) is 0 Å². The van der Waals surface area contributed by atoms with Gasteiger partial charge in [0.2, 0.25) is 0 Å². The third-order valence-electron chi connectivity index (χ3n) is 2.86. The van der Waals surface area contributed by atoms with Crippen molar-refractivity contribution < 1.29 is 4.74 Å². The lowest BCUT2D eigenvalue weighted by molar-refractivity contribution is -0.0212. The van der Waals surface area contributed by atoms with Crippen molar-refractivity contribution in [2.45, 2.75) is 19.6 Å². The Balaban J connectivity index is 2.06. The third-order valence-corrected chi connectivity index (χ3v) is 2.86. The van der Waals surface area contributed by atoms with Crippen molar-refractivity contribution in [3.63, 3.8) is 0 Å². The highest BCUT2D eigenvalue weighted by atomic mass is 16.5. The summed E-state index contributed by atoms with van der Waals surface area (Å²) in [7, 11) is 0. The van der Waals surface area contributed by atoms with Gasteiger partial charge < -0.3 is 4.74 Å². The molecule has 0 N–H and O–H groups in total. The zero-order chi connectivity index (χ0) is 11.4. The normalized spacial score (nSPS) is 21.6. The van der Waals surface area contributed by atoms with Gasteiger partial charge in [-0.15, -0.1) is 0 Å². The van der Waals surface area contributed by atoms with E-state index in [4.69, 9.17) is 10.00 Å². The van der Waals surface area contributed by atoms with Crippen LogP contribution in [0.4, 0.5) is 0 Å². The maximum Gasteiger partial charge on any atom is 0.0995 e. The Bertz CT molecular complexity index is 397. The van der Waals surface area contributed by atoms with E-state index in [1.807, 2.05) is 24.3 Å². The van der Waals surface area contributed by atoms with Gasteiger partial charge in [-0.1, -0.05) is 18.2 Å². The molecular formula is C13H16N2O. The quantitative estimate of drug-likeness (QED) is 0.756. The van der Waals surface area contributed by atoms with Crippen LogP contribution in [0.3, 0.4) is 0 Å². The number of rotatable bonds is 2. The topological polar surface area (TPSA) is 36.3 Å². The molecule has 2 rings (SSSR count). The van der Waals surface area contributed by atoms with Crippen LogP contribution in [-0.2, 0) is 11.3 Å². The van der Waals surface area contributed by atoms with Crippen LogP contribution < -0.4 is 0 Å². The maximum absolute atomic E-state index is 9.01. The molecule has 0 amide bonds. The third kappa shape index (κ3) is 2.60. The molecule has 1 heterocycles. The van der Waals surface area contributed by atoms with Crippen LogP contribution in [0.1, 0.15) is 18.1 Å². The van der Waals surface area contributed by atoms with E-state index < -0.39 is 0 Å². The molecule has 84 valence electrons. The van der Waals surface area contributed by atoms with Crippen LogP contribution in [0.15, 0.2) is 24.3 Å². The summed E-state index contributed by atoms with van der Waals surface area (Å²) in [5.74, 6) is 0. The summed E-state index contributed by atoms with van der Waals surface area (Å²) in [6.07, 6.45) is 0.294. The molecule has 0 aliphatic carbocycles. The summed E-state index contributed by atoms with van der Waals surface area (Å²) >= 11 is 0. The Morgan fingerprint density at radius 3 is 3.06 bits per heavy atom. The van der Waals surface area contributed by atoms with Crippen LogP contribution in [0.25, 0.3) is 0 Å². The zero-order valence-corrected chi connectivity index (χ0v) is 9.52. The number of ether oxygens (including phenoxy) is 1. The molecule has 1 unspecified atom stereocenters. The molecule has 16 heavy (non-hydrogen) atoms. The lowest BCUT2D eigenvalue weighted by Gasteiger charge is -2.31. The summed E-state index contributed by atoms with van der Waals surface area (Å²) in [5.41, 5.74) is 1.89. The van der Waals surface area contributed by atoms with Gasteiger partial charge in [0.25, 0.3) is 0 Å². The molecule has 3 heteroatoms. The van der Waals surface area contributed by atoms with Crippen molar-refractivity contribution in [1.82, 2.24) is 4.90 Å². The van der Waals surface area contributed by atoms with Crippen LogP contribution in [0, 0.1) is 11.3 Å². The first-order valence-corrected chi connectivity index (χ1v) is 5.61. The standard InChI is InChI=1S/C13H16N2O/c1-11-9-15(6-7-16-11)10-13-5-3-2-4-12(13)8-14/h2-5,11H,6-7,9-10H2,1H3. The molecule has 0 aromatic heterocycles. The van der Waals surface area contributed by atoms with E-state index in [2.05, 4.69) is 17.9 Å². The molecule has 1 fully saturated rings. The first kappa shape index (κ1) is 11.1. The van der Waals surface area contributed by atoms with Crippen LogP contribution in [0.5, 0.6) is 0 Å². The van der Waals surface area contributed by atoms with E-state index in [0.29, 0.717) is 6.10 Å². The van der Waals surface area contributed by atoms with E-state index in [1.165, 1.54) is 0 Å². The smallest absolute Gasteiger partial charge is 0.0995 e. The number of hydrogen-bond acceptors (Lipinski definition) is 3. The minimum Gasteiger partial charge on any atom is -0.376 e. The predicted molar refractivity (Wildman–Crippen MR) is 61.8 cm³/mol. The highest BCUT2D eigenvalue weighted by molar-refractivity contribution is 5.37. The predicted octanol–water partition coefficient (Wildman–Crippen LogP) is 1.78. The molecule has 3 nitrogen and oxygen atoms in total. The molecule has 0 radical (unpaired) electrons. The van der Waals surface area contributed by atoms with Gasteiger partial charge in [0, 0.05) is 19.6 Å². The van der Waals surface area contributed by atoms with Crippen molar-refractivity contribution in [3.8, 4) is 6.07 Å². The van der Waals surface area contributed by atoms with Crippen molar-refractivity contribution in [1.29, 1.82) is 5.26 Å². The zero-order valence-electron chi connectivity index (χ0n) is 9.52. The summed E-state index contributed by atoms with van der Waals surface area (Å²) in [5, 5.41) is 9.01. The number of benzene rings is 1. The Kier molecular flexibility index (Phi) is 3.55. The fraction of sp³-hybridized carbons (Fsp3) is 0.462. The Morgan fingerprint density at radius 2 is 2.31 bits per heavy atom. The van der Waals surface area contributed by atoms with Crippen molar-refractivity contribution >= 4 is 0 Å². The first-order chi connectivity index (χ1) is 7.79. The van der Waals surface area contributed by atoms with Gasteiger partial charge in [0.05, 0.1) is 24.3 Å². The molecule has 0 saturated carbocycles. The fourth-order valence-corrected chi connectivity index (χ4v) is 2.04. The monoisotopic (exact) mass is 216 g/mol. The number of morpholine rings is 1. The average Bonchev–Trinajstić information content (AvgIpc) is 2.30. The second-order valence-corrected chi connectivity index (χ2v) is 4.19. The van der Waals surface area contributed by atoms with Crippen molar-refractivity contribution in [3.05, 3.63) is 35.4 Å². The number of nitrogens with zero attached hydrogens (tertiary/aromatic N) is 2. The molecule has 1 aliphatic heterocycles. The van der Waals surface area contributed by atoms with Crippen molar-refractivity contribution in [2.75, 3.05) is 19.7 Å². The molecule has 0 spiro atoms. The Hall–Kier alpha value is -1.37. The minimum absolute atomic E-state index is 0.294. The Labute approximate surface area is 96.2 Å². The van der Waals surface area contributed by atoms with E-state index in [1.54, 1.807) is 0 Å². The summed E-state index contributed by atoms with van der Waals surface area (Å²) in [6, 6.07) is 10.0. The molecule has 1 saturated heterocycles. The van der Waals surface area contributed by atoms with Gasteiger partial charge in [-0.25, -0.2) is 0 Å². The van der Waals surface area contributed by atoms with E-state index in [-0.39, 0.29) is 0 Å². The molecule has 1 aromatic carbocycles. The molecule has 1 atom stereocenters. The highest BCUT2D eigenvalue weighted by Crippen LogP contribution is 2.13. The van der Waals surface area contributed by atoms with Crippen molar-refractivity contribution in [2.24, 2.45) is 0 Å². The van der Waals surface area contributed by atoms with E-state index in [9.17, 15) is 0 Å². The highest BCUT2D eigenvalue weighted by Gasteiger charge is 2.17. The van der Waals surface area contributed by atoms with Crippen LogP contribution >= 0.6 is 0 Å². The van der Waals surface area contributed by atoms with Gasteiger partial charge >= 0.3 is 0 Å². The van der Waals surface area contributed by atoms with Crippen LogP contribution in [-0.4, -0.2) is 30.7 Å². The van der Waals surface area contributed by atoms with E-state index >= 15 is 0 Å². The number of nitriles is 1. The molecule has 1 aromatic rings. The van der Waals surface area contributed by atoms with Gasteiger partial charge in [-0.2, -0.15) is 5.26 Å². The molecular weight excluding hydrogens is 200 g/mol. The largest absolute Gasteiger partial charge is 0.376 e. The average molecular weight is 216 g/mol. The van der Waals surface area contributed by atoms with Gasteiger partial charge in [0.1, 0.15) is 0 Å². The molecule has 1 aliphatic rings. The second-order valence-electron chi connectivity index (χ2n) is 4.19. The van der Waals surface area contributed by atoms with E-state index in [0.717, 1.165) is 37.4 Å². The maximum atomic E-state index is 9.01. The summed E-state index contributed by atoms with van der Waals surface area (Å²) < 4.78 is 5.50. The SMILES string of the molecule is CC1CN(Cc2ccccc2C#N)CCO1. The van der Waals surface area contributed by atoms with Gasteiger partial charge in [0.15, 0.2) is 0 Å². The lowest BCUT2D eigenvalue weighted by Crippen LogP contribution is -2.40. The second kappa shape index (κ2) is 5.11. The summed E-state index contributed by atoms with van der Waals surface area (Å²) in [4.78, 5) is 2.34. The minimum atomic E-state index is 0.294. The Morgan fingerprint density at radius 1 is 1.50 bits per heavy atom. The first-order valence-electron chi connectivity index (χ1n) is 5.61. The molecule has 0 bridgehead atoms. The lowest BCUT2D eigenvalue weighted by atomic mass is 10.1. The van der Waals surface area contributed by atoms with Gasteiger partial charge in [-0.05, 0) is 18.6 Å². The van der Waals surface area contributed by atoms with Gasteiger partial charge in [-0.3, -0.25) is 4.90 Å².